The lowest BCUT2D eigenvalue weighted by Gasteiger charge is -1.98. The number of methoxy groups -OCH3 is 1. The predicted octanol–water partition coefficient (Wildman–Crippen LogP) is 1.66. The second kappa shape index (κ2) is 6.57. The third kappa shape index (κ3) is 5.17. The molecule has 0 atom stereocenters. The molecule has 0 amide bonds. The van der Waals surface area contributed by atoms with Crippen molar-refractivity contribution in [3.05, 3.63) is 10.3 Å². The summed E-state index contributed by atoms with van der Waals surface area (Å²) in [6.07, 6.45) is 3.25. The van der Waals surface area contributed by atoms with E-state index in [1.165, 1.54) is 24.9 Å². The molecule has 0 saturated carbocycles. The highest BCUT2D eigenvalue weighted by molar-refractivity contribution is 8.20. The van der Waals surface area contributed by atoms with Crippen molar-refractivity contribution in [2.75, 3.05) is 20.5 Å². The Balaban J connectivity index is 3.99. The summed E-state index contributed by atoms with van der Waals surface area (Å²) in [4.78, 5) is 10.7. The van der Waals surface area contributed by atoms with Crippen LogP contribution in [0, 0.1) is 0 Å². The van der Waals surface area contributed by atoms with Crippen LogP contribution in [0.4, 0.5) is 0 Å². The van der Waals surface area contributed by atoms with Crippen molar-refractivity contribution in [3.63, 3.8) is 0 Å². The van der Waals surface area contributed by atoms with Crippen molar-refractivity contribution >= 4 is 29.8 Å². The van der Waals surface area contributed by atoms with Gasteiger partial charge in [0.05, 0.1) is 18.5 Å². The molecule has 0 heterocycles. The first kappa shape index (κ1) is 10.9. The standard InChI is InChI=1S/C6H10O3S2/c1-8-5(7)4-6(10-3)11-9-2/h4H,1-3H3/b6-4-. The first-order chi connectivity index (χ1) is 5.24. The van der Waals surface area contributed by atoms with E-state index >= 15 is 0 Å². The monoisotopic (exact) mass is 194 g/mol. The molecule has 0 fully saturated rings. The second-order valence-corrected chi connectivity index (χ2v) is 3.49. The summed E-state index contributed by atoms with van der Waals surface area (Å²) < 4.78 is 9.97. The van der Waals surface area contributed by atoms with Gasteiger partial charge < -0.3 is 8.92 Å². The summed E-state index contributed by atoms with van der Waals surface area (Å²) in [6, 6.07) is 0. The molecule has 0 aromatic rings. The maximum Gasteiger partial charge on any atom is 0.332 e. The van der Waals surface area contributed by atoms with Gasteiger partial charge in [-0.05, 0) is 6.26 Å². The van der Waals surface area contributed by atoms with E-state index in [1.54, 1.807) is 7.11 Å². The highest BCUT2D eigenvalue weighted by Gasteiger charge is 2.00. The molecule has 5 heteroatoms. The minimum absolute atomic E-state index is 0.362. The average molecular weight is 194 g/mol. The fourth-order valence-electron chi connectivity index (χ4n) is 0.354. The Hall–Kier alpha value is -0.130. The molecule has 0 aliphatic heterocycles. The van der Waals surface area contributed by atoms with Gasteiger partial charge in [-0.1, -0.05) is 0 Å². The molecular weight excluding hydrogens is 184 g/mol. The van der Waals surface area contributed by atoms with Crippen LogP contribution in [-0.4, -0.2) is 26.4 Å². The van der Waals surface area contributed by atoms with Crippen LogP contribution >= 0.6 is 23.8 Å². The molecule has 0 bridgehead atoms. The molecule has 3 nitrogen and oxygen atoms in total. The fraction of sp³-hybridized carbons (Fsp3) is 0.500. The zero-order chi connectivity index (χ0) is 8.69. The van der Waals surface area contributed by atoms with Gasteiger partial charge in [0.1, 0.15) is 0 Å². The SMILES string of the molecule is COS/C(=C\C(=O)OC)SC. The van der Waals surface area contributed by atoms with E-state index in [0.29, 0.717) is 0 Å². The van der Waals surface area contributed by atoms with Crippen molar-refractivity contribution in [1.29, 1.82) is 0 Å². The molecule has 0 spiro atoms. The molecule has 0 rings (SSSR count). The number of thioether (sulfide) groups is 1. The first-order valence-corrected chi connectivity index (χ1v) is 4.75. The molecule has 0 unspecified atom stereocenters. The Kier molecular flexibility index (Phi) is 6.49. The van der Waals surface area contributed by atoms with E-state index < -0.39 is 0 Å². The predicted molar refractivity (Wildman–Crippen MR) is 48.2 cm³/mol. The van der Waals surface area contributed by atoms with Crippen LogP contribution in [0.2, 0.25) is 0 Å². The molecule has 0 radical (unpaired) electrons. The third-order valence-electron chi connectivity index (χ3n) is 0.804. The zero-order valence-electron chi connectivity index (χ0n) is 6.62. The van der Waals surface area contributed by atoms with Crippen LogP contribution in [0.15, 0.2) is 10.3 Å². The lowest BCUT2D eigenvalue weighted by atomic mass is 10.7. The molecular formula is C6H10O3S2. The largest absolute Gasteiger partial charge is 0.466 e. The Morgan fingerprint density at radius 1 is 1.45 bits per heavy atom. The summed E-state index contributed by atoms with van der Waals surface area (Å²) in [5, 5.41) is 0. The van der Waals surface area contributed by atoms with Gasteiger partial charge in [0.15, 0.2) is 0 Å². The fourth-order valence-corrected chi connectivity index (χ4v) is 1.35. The van der Waals surface area contributed by atoms with Crippen LogP contribution in [0.3, 0.4) is 0 Å². The van der Waals surface area contributed by atoms with E-state index in [2.05, 4.69) is 4.74 Å². The number of ether oxygens (including phenoxy) is 1. The molecule has 0 aliphatic rings. The van der Waals surface area contributed by atoms with E-state index in [4.69, 9.17) is 4.18 Å². The van der Waals surface area contributed by atoms with E-state index in [0.717, 1.165) is 16.3 Å². The van der Waals surface area contributed by atoms with Gasteiger partial charge in [-0.15, -0.1) is 11.8 Å². The van der Waals surface area contributed by atoms with Crippen LogP contribution in [-0.2, 0) is 13.7 Å². The zero-order valence-corrected chi connectivity index (χ0v) is 8.25. The lowest BCUT2D eigenvalue weighted by molar-refractivity contribution is -0.134. The lowest BCUT2D eigenvalue weighted by Crippen LogP contribution is -1.94. The quantitative estimate of drug-likeness (QED) is 0.386. The van der Waals surface area contributed by atoms with Crippen molar-refractivity contribution < 1.29 is 13.7 Å². The number of hydrogen-bond donors (Lipinski definition) is 0. The van der Waals surface area contributed by atoms with Gasteiger partial charge in [-0.25, -0.2) is 4.79 Å². The molecule has 0 saturated heterocycles. The molecule has 64 valence electrons. The number of esters is 1. The second-order valence-electron chi connectivity index (χ2n) is 1.44. The van der Waals surface area contributed by atoms with Crippen molar-refractivity contribution in [2.24, 2.45) is 0 Å². The Morgan fingerprint density at radius 3 is 2.45 bits per heavy atom. The summed E-state index contributed by atoms with van der Waals surface area (Å²) in [5.74, 6) is -0.362. The molecule has 0 aromatic carbocycles. The normalized spacial score (nSPS) is 11.4. The third-order valence-corrected chi connectivity index (χ3v) is 2.48. The maximum atomic E-state index is 10.7. The smallest absolute Gasteiger partial charge is 0.332 e. The van der Waals surface area contributed by atoms with Gasteiger partial charge in [0.2, 0.25) is 0 Å². The van der Waals surface area contributed by atoms with E-state index in [9.17, 15) is 4.79 Å². The Morgan fingerprint density at radius 2 is 2.09 bits per heavy atom. The minimum Gasteiger partial charge on any atom is -0.466 e. The van der Waals surface area contributed by atoms with E-state index in [1.807, 2.05) is 6.26 Å². The van der Waals surface area contributed by atoms with Gasteiger partial charge in [0.25, 0.3) is 0 Å². The van der Waals surface area contributed by atoms with Crippen LogP contribution in [0.5, 0.6) is 0 Å². The average Bonchev–Trinajstić information content (AvgIpc) is 2.03. The summed E-state index contributed by atoms with van der Waals surface area (Å²) in [7, 11) is 2.89. The van der Waals surface area contributed by atoms with Crippen LogP contribution in [0.1, 0.15) is 0 Å². The molecule has 0 aromatic heterocycles. The van der Waals surface area contributed by atoms with Gasteiger partial charge in [-0.2, -0.15) is 0 Å². The maximum absolute atomic E-state index is 10.7. The minimum atomic E-state index is -0.362. The summed E-state index contributed by atoms with van der Waals surface area (Å²) in [6.45, 7) is 0. The highest BCUT2D eigenvalue weighted by Crippen LogP contribution is 2.25. The van der Waals surface area contributed by atoms with Crippen LogP contribution in [0.25, 0.3) is 0 Å². The summed E-state index contributed by atoms with van der Waals surface area (Å²) >= 11 is 2.58. The molecule has 11 heavy (non-hydrogen) atoms. The Labute approximate surface area is 74.7 Å². The van der Waals surface area contributed by atoms with Gasteiger partial charge >= 0.3 is 5.97 Å². The van der Waals surface area contributed by atoms with Crippen molar-refractivity contribution in [2.45, 2.75) is 0 Å². The summed E-state index contributed by atoms with van der Waals surface area (Å²) in [5.41, 5.74) is 0. The Bertz CT molecular complexity index is 156. The molecule has 0 N–H and O–H groups in total. The number of hydrogen-bond acceptors (Lipinski definition) is 5. The van der Waals surface area contributed by atoms with Gasteiger partial charge in [0, 0.05) is 18.1 Å². The molecule has 0 aliphatic carbocycles. The van der Waals surface area contributed by atoms with Crippen molar-refractivity contribution in [1.82, 2.24) is 0 Å². The van der Waals surface area contributed by atoms with Crippen LogP contribution < -0.4 is 0 Å². The first-order valence-electron chi connectivity index (χ1n) is 2.79. The number of rotatable bonds is 4. The van der Waals surface area contributed by atoms with E-state index in [-0.39, 0.29) is 5.97 Å². The number of carbonyl (C=O) groups is 1. The topological polar surface area (TPSA) is 35.5 Å². The van der Waals surface area contributed by atoms with Crippen molar-refractivity contribution in [3.8, 4) is 0 Å². The van der Waals surface area contributed by atoms with Gasteiger partial charge in [-0.3, -0.25) is 0 Å². The number of carbonyl (C=O) groups excluding carboxylic acids is 1. The highest BCUT2D eigenvalue weighted by atomic mass is 32.2.